The number of halogens is 1. The maximum Gasteiger partial charge on any atom is 0.293 e. The van der Waals surface area contributed by atoms with Crippen LogP contribution >= 0.6 is 11.6 Å². The lowest BCUT2D eigenvalue weighted by Crippen LogP contribution is -2.05. The number of benzene rings is 2. The number of carbonyl (C=O) groups excluding carboxylic acids is 1. The highest BCUT2D eigenvalue weighted by molar-refractivity contribution is 6.30. The molecule has 0 spiro atoms. The van der Waals surface area contributed by atoms with Gasteiger partial charge in [0, 0.05) is 5.02 Å². The Morgan fingerprint density at radius 3 is 2.05 bits per heavy atom. The molecule has 0 aromatic heterocycles. The van der Waals surface area contributed by atoms with E-state index in [1.54, 1.807) is 0 Å². The smallest absolute Gasteiger partial charge is 0.293 e. The van der Waals surface area contributed by atoms with Crippen molar-refractivity contribution in [2.75, 3.05) is 13.2 Å². The van der Waals surface area contributed by atoms with Gasteiger partial charge < -0.3 is 9.47 Å². The molecule has 2 aromatic rings. The van der Waals surface area contributed by atoms with Crippen LogP contribution in [0.1, 0.15) is 0 Å². The number of hydrogen-bond donors (Lipinski definition) is 0. The fourth-order valence-electron chi connectivity index (χ4n) is 1.64. The Hall–Kier alpha value is -2.00. The van der Waals surface area contributed by atoms with Crippen LogP contribution in [0.4, 0.5) is 0 Å². The summed E-state index contributed by atoms with van der Waals surface area (Å²) in [6.45, 7) is 1.01. The lowest BCUT2D eigenvalue weighted by Gasteiger charge is -2.07. The van der Waals surface area contributed by atoms with Gasteiger partial charge in [-0.2, -0.15) is 0 Å². The summed E-state index contributed by atoms with van der Waals surface area (Å²) in [5.74, 6) is 0.743. The van der Waals surface area contributed by atoms with Crippen LogP contribution in [0, 0.1) is 0 Å². The third-order valence-electron chi connectivity index (χ3n) is 2.57. The molecule has 0 N–H and O–H groups in total. The Kier molecular flexibility index (Phi) is 4.81. The maximum absolute atomic E-state index is 9.95. The molecule has 0 saturated heterocycles. The van der Waals surface area contributed by atoms with Crippen LogP contribution in [0.3, 0.4) is 0 Å². The number of hydrogen-bond acceptors (Lipinski definition) is 3. The van der Waals surface area contributed by atoms with Gasteiger partial charge in [0.05, 0.1) is 0 Å². The van der Waals surface area contributed by atoms with Gasteiger partial charge in [0.15, 0.2) is 0 Å². The van der Waals surface area contributed by atoms with Crippen molar-refractivity contribution >= 4 is 18.1 Å². The van der Waals surface area contributed by atoms with E-state index in [0.717, 1.165) is 21.9 Å². The molecular formula is C15H13ClO3. The summed E-state index contributed by atoms with van der Waals surface area (Å²) in [7, 11) is 0. The molecule has 0 bridgehead atoms. The molecule has 98 valence electrons. The molecule has 0 radical (unpaired) electrons. The molecule has 4 heteroatoms. The summed E-state index contributed by atoms with van der Waals surface area (Å²) in [4.78, 5) is 9.95. The van der Waals surface area contributed by atoms with Crippen LogP contribution < -0.4 is 4.74 Å². The Morgan fingerprint density at radius 1 is 0.895 bits per heavy atom. The average molecular weight is 277 g/mol. The third-order valence-corrected chi connectivity index (χ3v) is 2.82. The van der Waals surface area contributed by atoms with Crippen LogP contribution in [0.25, 0.3) is 11.1 Å². The summed E-state index contributed by atoms with van der Waals surface area (Å²) in [6.07, 6.45) is 0. The van der Waals surface area contributed by atoms with Gasteiger partial charge >= 0.3 is 0 Å². The first-order valence-corrected chi connectivity index (χ1v) is 6.21. The van der Waals surface area contributed by atoms with Crippen LogP contribution in [0.15, 0.2) is 48.5 Å². The Labute approximate surface area is 116 Å². The second-order valence-corrected chi connectivity index (χ2v) is 4.28. The Balaban J connectivity index is 1.98. The first kappa shape index (κ1) is 13.4. The predicted octanol–water partition coefficient (Wildman–Crippen LogP) is 3.56. The lowest BCUT2D eigenvalue weighted by atomic mass is 10.1. The second kappa shape index (κ2) is 6.81. The first-order valence-electron chi connectivity index (χ1n) is 5.83. The first-order chi connectivity index (χ1) is 9.29. The van der Waals surface area contributed by atoms with Gasteiger partial charge in [-0.05, 0) is 35.4 Å². The zero-order valence-corrected chi connectivity index (χ0v) is 11.0. The number of ether oxygens (including phenoxy) is 2. The molecule has 3 nitrogen and oxygen atoms in total. The quantitative estimate of drug-likeness (QED) is 0.598. The zero-order chi connectivity index (χ0) is 13.5. The van der Waals surface area contributed by atoms with E-state index < -0.39 is 0 Å². The van der Waals surface area contributed by atoms with Crippen molar-refractivity contribution < 1.29 is 14.3 Å². The van der Waals surface area contributed by atoms with Gasteiger partial charge in [-0.25, -0.2) is 0 Å². The molecule has 0 aliphatic rings. The molecule has 0 fully saturated rings. The minimum absolute atomic E-state index is 0.252. The molecule has 2 rings (SSSR count). The van der Waals surface area contributed by atoms with E-state index in [1.165, 1.54) is 0 Å². The number of rotatable bonds is 6. The summed E-state index contributed by atoms with van der Waals surface area (Å²) >= 11 is 5.85. The lowest BCUT2D eigenvalue weighted by molar-refractivity contribution is -0.129. The molecule has 0 aliphatic carbocycles. The molecule has 0 unspecified atom stereocenters. The summed E-state index contributed by atoms with van der Waals surface area (Å²) < 4.78 is 9.95. The summed E-state index contributed by atoms with van der Waals surface area (Å²) in [5.41, 5.74) is 2.19. The van der Waals surface area contributed by atoms with E-state index in [0.29, 0.717) is 13.1 Å². The van der Waals surface area contributed by atoms with Crippen LogP contribution in [0.5, 0.6) is 5.75 Å². The van der Waals surface area contributed by atoms with E-state index in [-0.39, 0.29) is 6.61 Å². The monoisotopic (exact) mass is 276 g/mol. The minimum Gasteiger partial charge on any atom is -0.490 e. The molecule has 19 heavy (non-hydrogen) atoms. The van der Waals surface area contributed by atoms with Gasteiger partial charge in [-0.1, -0.05) is 35.9 Å². The van der Waals surface area contributed by atoms with E-state index in [2.05, 4.69) is 4.74 Å². The Morgan fingerprint density at radius 2 is 1.47 bits per heavy atom. The van der Waals surface area contributed by atoms with Crippen molar-refractivity contribution in [2.45, 2.75) is 0 Å². The van der Waals surface area contributed by atoms with Gasteiger partial charge in [-0.15, -0.1) is 0 Å². The molecule has 2 aromatic carbocycles. The van der Waals surface area contributed by atoms with E-state index in [9.17, 15) is 4.79 Å². The van der Waals surface area contributed by atoms with Crippen LogP contribution in [0.2, 0.25) is 5.02 Å². The Bertz CT molecular complexity index is 520. The fourth-order valence-corrected chi connectivity index (χ4v) is 1.77. The van der Waals surface area contributed by atoms with Crippen molar-refractivity contribution in [3.63, 3.8) is 0 Å². The minimum atomic E-state index is 0.252. The van der Waals surface area contributed by atoms with Gasteiger partial charge in [0.1, 0.15) is 19.0 Å². The molecule has 0 aliphatic heterocycles. The SMILES string of the molecule is O=COCCOc1ccc(-c2ccc(Cl)cc2)cc1. The summed E-state index contributed by atoms with van der Waals surface area (Å²) in [6, 6.07) is 15.4. The van der Waals surface area contributed by atoms with Crippen LogP contribution in [-0.2, 0) is 9.53 Å². The highest BCUT2D eigenvalue weighted by Crippen LogP contribution is 2.23. The predicted molar refractivity (Wildman–Crippen MR) is 74.4 cm³/mol. The van der Waals surface area contributed by atoms with Crippen LogP contribution in [-0.4, -0.2) is 19.7 Å². The highest BCUT2D eigenvalue weighted by Gasteiger charge is 1.99. The van der Waals surface area contributed by atoms with Gasteiger partial charge in [-0.3, -0.25) is 4.79 Å². The average Bonchev–Trinajstić information content (AvgIpc) is 2.45. The van der Waals surface area contributed by atoms with Crippen molar-refractivity contribution in [1.82, 2.24) is 0 Å². The van der Waals surface area contributed by atoms with Gasteiger partial charge in [0.25, 0.3) is 6.47 Å². The molecular weight excluding hydrogens is 264 g/mol. The van der Waals surface area contributed by atoms with E-state index in [1.807, 2.05) is 48.5 Å². The van der Waals surface area contributed by atoms with Crippen molar-refractivity contribution in [2.24, 2.45) is 0 Å². The second-order valence-electron chi connectivity index (χ2n) is 3.85. The number of carbonyl (C=O) groups is 1. The normalized spacial score (nSPS) is 9.95. The third kappa shape index (κ3) is 4.00. The molecule has 0 heterocycles. The van der Waals surface area contributed by atoms with Crippen molar-refractivity contribution in [3.05, 3.63) is 53.6 Å². The highest BCUT2D eigenvalue weighted by atomic mass is 35.5. The van der Waals surface area contributed by atoms with E-state index >= 15 is 0 Å². The standard InChI is InChI=1S/C15H13ClO3/c16-14-5-1-12(2-6-14)13-3-7-15(8-4-13)19-10-9-18-11-17/h1-8,11H,9-10H2. The van der Waals surface area contributed by atoms with Crippen molar-refractivity contribution in [1.29, 1.82) is 0 Å². The molecule has 0 saturated carbocycles. The molecule has 0 atom stereocenters. The largest absolute Gasteiger partial charge is 0.490 e. The summed E-state index contributed by atoms with van der Waals surface area (Å²) in [5, 5.41) is 0.721. The topological polar surface area (TPSA) is 35.5 Å². The van der Waals surface area contributed by atoms with E-state index in [4.69, 9.17) is 16.3 Å². The molecule has 0 amide bonds. The fraction of sp³-hybridized carbons (Fsp3) is 0.133. The maximum atomic E-state index is 9.95. The van der Waals surface area contributed by atoms with Gasteiger partial charge in [0.2, 0.25) is 0 Å². The van der Waals surface area contributed by atoms with Crippen molar-refractivity contribution in [3.8, 4) is 16.9 Å². The zero-order valence-electron chi connectivity index (χ0n) is 10.2.